The molecule has 0 N–H and O–H groups in total. The smallest absolute Gasteiger partial charge is 0.0134 e. The molecule has 1 rings (SSSR count). The lowest BCUT2D eigenvalue weighted by molar-refractivity contribution is 1.14. The van der Waals surface area contributed by atoms with Crippen LogP contribution in [-0.4, -0.2) is 6.16 Å². The van der Waals surface area contributed by atoms with Crippen LogP contribution in [0.25, 0.3) is 0 Å². The molecular formula is C12H17P. The molecule has 0 spiro atoms. The van der Waals surface area contributed by atoms with E-state index in [1.165, 1.54) is 16.4 Å². The lowest BCUT2D eigenvalue weighted by atomic mass is 10.1. The number of rotatable bonds is 4. The number of aryl methyl sites for hydroxylation is 2. The summed E-state index contributed by atoms with van der Waals surface area (Å²) in [6.07, 6.45) is 4.23. The molecule has 0 aliphatic rings. The van der Waals surface area contributed by atoms with E-state index in [1.807, 2.05) is 6.08 Å². The average molecular weight is 192 g/mol. The van der Waals surface area contributed by atoms with E-state index < -0.39 is 0 Å². The largest absolute Gasteiger partial charge is 0.103 e. The highest BCUT2D eigenvalue weighted by Gasteiger charge is 1.98. The minimum absolute atomic E-state index is 0.885. The number of hydrogen-bond donors (Lipinski definition) is 0. The van der Waals surface area contributed by atoms with Gasteiger partial charge in [-0.3, -0.25) is 0 Å². The van der Waals surface area contributed by atoms with Gasteiger partial charge in [0.25, 0.3) is 0 Å². The van der Waals surface area contributed by atoms with Crippen LogP contribution in [0.4, 0.5) is 0 Å². The van der Waals surface area contributed by atoms with E-state index in [-0.39, 0.29) is 0 Å². The van der Waals surface area contributed by atoms with Gasteiger partial charge in [-0.2, -0.15) is 0 Å². The fraction of sp³-hybridized carbons (Fsp3) is 0.333. The predicted octanol–water partition coefficient (Wildman–Crippen LogP) is 3.05. The first kappa shape index (κ1) is 10.5. The fourth-order valence-electron chi connectivity index (χ4n) is 1.26. The molecule has 0 radical (unpaired) electrons. The zero-order chi connectivity index (χ0) is 9.68. The summed E-state index contributed by atoms with van der Waals surface area (Å²) in [4.78, 5) is 0. The fourth-order valence-corrected chi connectivity index (χ4v) is 2.28. The van der Waals surface area contributed by atoms with Crippen molar-refractivity contribution in [2.45, 2.75) is 20.3 Å². The molecule has 0 aliphatic heterocycles. The summed E-state index contributed by atoms with van der Waals surface area (Å²) in [5.41, 5.74) is 2.86. The summed E-state index contributed by atoms with van der Waals surface area (Å²) < 4.78 is 0. The third kappa shape index (κ3) is 2.97. The van der Waals surface area contributed by atoms with Crippen molar-refractivity contribution in [3.63, 3.8) is 0 Å². The first-order chi connectivity index (χ1) is 6.27. The van der Waals surface area contributed by atoms with Crippen molar-refractivity contribution in [3.05, 3.63) is 42.0 Å². The Morgan fingerprint density at radius 1 is 1.46 bits per heavy atom. The third-order valence-electron chi connectivity index (χ3n) is 2.15. The second kappa shape index (κ2) is 5.19. The zero-order valence-corrected chi connectivity index (χ0v) is 9.43. The van der Waals surface area contributed by atoms with Crippen LogP contribution in [0.2, 0.25) is 0 Å². The maximum absolute atomic E-state index is 3.75. The molecule has 0 nitrogen and oxygen atoms in total. The van der Waals surface area contributed by atoms with E-state index in [0.717, 1.165) is 21.2 Å². The van der Waals surface area contributed by atoms with Crippen LogP contribution in [0.15, 0.2) is 30.9 Å². The Morgan fingerprint density at radius 3 is 2.85 bits per heavy atom. The van der Waals surface area contributed by atoms with Crippen molar-refractivity contribution >= 4 is 13.9 Å². The quantitative estimate of drug-likeness (QED) is 0.508. The monoisotopic (exact) mass is 192 g/mol. The molecule has 70 valence electrons. The van der Waals surface area contributed by atoms with Gasteiger partial charge in [-0.15, -0.1) is 6.58 Å². The van der Waals surface area contributed by atoms with E-state index in [9.17, 15) is 0 Å². The van der Waals surface area contributed by atoms with Crippen molar-refractivity contribution in [2.75, 3.05) is 6.16 Å². The molecule has 0 aromatic heterocycles. The molecule has 0 amide bonds. The minimum Gasteiger partial charge on any atom is -0.103 e. The molecule has 0 aliphatic carbocycles. The Bertz CT molecular complexity index is 289. The van der Waals surface area contributed by atoms with Crippen molar-refractivity contribution in [1.29, 1.82) is 0 Å². The maximum Gasteiger partial charge on any atom is -0.0134 e. The molecule has 1 aromatic carbocycles. The molecule has 13 heavy (non-hydrogen) atoms. The van der Waals surface area contributed by atoms with Gasteiger partial charge in [0, 0.05) is 0 Å². The van der Waals surface area contributed by atoms with Crippen molar-refractivity contribution in [1.82, 2.24) is 0 Å². The number of allylic oxidation sites excluding steroid dienone is 1. The highest BCUT2D eigenvalue weighted by molar-refractivity contribution is 7.47. The summed E-state index contributed by atoms with van der Waals surface area (Å²) in [6.45, 7) is 8.14. The summed E-state index contributed by atoms with van der Waals surface area (Å²) >= 11 is 0. The minimum atomic E-state index is 0.885. The van der Waals surface area contributed by atoms with Gasteiger partial charge >= 0.3 is 0 Å². The van der Waals surface area contributed by atoms with Gasteiger partial charge in [0.1, 0.15) is 0 Å². The van der Waals surface area contributed by atoms with Crippen molar-refractivity contribution in [2.24, 2.45) is 0 Å². The highest BCUT2D eigenvalue weighted by atomic mass is 31.1. The van der Waals surface area contributed by atoms with E-state index >= 15 is 0 Å². The zero-order valence-electron chi connectivity index (χ0n) is 8.43. The van der Waals surface area contributed by atoms with Gasteiger partial charge in [-0.1, -0.05) is 39.8 Å². The SMILES string of the molecule is C=CCPc1cc(CC)ccc1C. The van der Waals surface area contributed by atoms with Crippen molar-refractivity contribution < 1.29 is 0 Å². The third-order valence-corrected chi connectivity index (χ3v) is 3.56. The molecule has 1 unspecified atom stereocenters. The van der Waals surface area contributed by atoms with Crippen LogP contribution >= 0.6 is 8.58 Å². The van der Waals surface area contributed by atoms with Gasteiger partial charge in [0.15, 0.2) is 0 Å². The molecule has 0 fully saturated rings. The Hall–Kier alpha value is -0.610. The molecule has 1 atom stereocenters. The van der Waals surface area contributed by atoms with Crippen molar-refractivity contribution in [3.8, 4) is 0 Å². The normalized spacial score (nSPS) is 10.9. The molecule has 0 saturated carbocycles. The summed E-state index contributed by atoms with van der Waals surface area (Å²) in [6, 6.07) is 6.78. The second-order valence-corrected chi connectivity index (χ2v) is 4.47. The molecule has 0 saturated heterocycles. The van der Waals surface area contributed by atoms with E-state index in [1.54, 1.807) is 0 Å². The molecule has 1 aromatic rings. The average Bonchev–Trinajstić information content (AvgIpc) is 2.17. The van der Waals surface area contributed by atoms with Gasteiger partial charge in [-0.05, 0) is 35.9 Å². The lowest BCUT2D eigenvalue weighted by Gasteiger charge is -2.06. The lowest BCUT2D eigenvalue weighted by Crippen LogP contribution is -2.02. The highest BCUT2D eigenvalue weighted by Crippen LogP contribution is 2.14. The maximum atomic E-state index is 3.75. The van der Waals surface area contributed by atoms with E-state index in [0.29, 0.717) is 0 Å². The van der Waals surface area contributed by atoms with Crippen LogP contribution in [0, 0.1) is 6.92 Å². The standard InChI is InChI=1S/C12H17P/c1-4-8-13-12-9-11(5-2)7-6-10(12)3/h4,6-7,9,13H,1,5,8H2,2-3H3. The van der Waals surface area contributed by atoms with E-state index in [2.05, 4.69) is 38.6 Å². The van der Waals surface area contributed by atoms with Crippen LogP contribution in [-0.2, 0) is 6.42 Å². The van der Waals surface area contributed by atoms with Gasteiger partial charge in [-0.25, -0.2) is 0 Å². The van der Waals surface area contributed by atoms with Crippen LogP contribution < -0.4 is 5.30 Å². The van der Waals surface area contributed by atoms with Crippen LogP contribution in [0.3, 0.4) is 0 Å². The van der Waals surface area contributed by atoms with E-state index in [4.69, 9.17) is 0 Å². The van der Waals surface area contributed by atoms with Gasteiger partial charge in [0.2, 0.25) is 0 Å². The van der Waals surface area contributed by atoms with Crippen LogP contribution in [0.5, 0.6) is 0 Å². The van der Waals surface area contributed by atoms with Gasteiger partial charge in [0.05, 0.1) is 0 Å². The second-order valence-electron chi connectivity index (χ2n) is 3.17. The first-order valence-corrected chi connectivity index (χ1v) is 5.93. The van der Waals surface area contributed by atoms with Crippen LogP contribution in [0.1, 0.15) is 18.1 Å². The Morgan fingerprint density at radius 2 is 2.23 bits per heavy atom. The molecular weight excluding hydrogens is 175 g/mol. The molecule has 0 bridgehead atoms. The summed E-state index contributed by atoms with van der Waals surface area (Å²) in [7, 11) is 0.885. The number of hydrogen-bond acceptors (Lipinski definition) is 0. The summed E-state index contributed by atoms with van der Waals surface area (Å²) in [5.74, 6) is 0. The Labute approximate surface area is 82.8 Å². The summed E-state index contributed by atoms with van der Waals surface area (Å²) in [5, 5.41) is 1.50. The predicted molar refractivity (Wildman–Crippen MR) is 63.6 cm³/mol. The molecule has 1 heteroatoms. The first-order valence-electron chi connectivity index (χ1n) is 4.72. The van der Waals surface area contributed by atoms with Gasteiger partial charge < -0.3 is 0 Å². The molecule has 0 heterocycles. The topological polar surface area (TPSA) is 0 Å². The Kier molecular flexibility index (Phi) is 4.18. The Balaban J connectivity index is 2.83. The number of benzene rings is 1.